The van der Waals surface area contributed by atoms with E-state index in [-0.39, 0.29) is 12.6 Å². The number of nitrogens with zero attached hydrogens (tertiary/aromatic N) is 1. The number of aliphatic hydroxyl groups excluding tert-OH is 1. The van der Waals surface area contributed by atoms with Crippen LogP contribution in [-0.2, 0) is 6.54 Å². The lowest BCUT2D eigenvalue weighted by Gasteiger charge is -2.11. The molecule has 1 aromatic heterocycles. The van der Waals surface area contributed by atoms with E-state index in [0.29, 0.717) is 0 Å². The van der Waals surface area contributed by atoms with E-state index in [4.69, 9.17) is 5.11 Å². The van der Waals surface area contributed by atoms with Crippen molar-refractivity contribution in [2.24, 2.45) is 0 Å². The zero-order valence-electron chi connectivity index (χ0n) is 9.35. The molecule has 2 aromatic rings. The highest BCUT2D eigenvalue weighted by atomic mass is 16.3. The van der Waals surface area contributed by atoms with E-state index in [0.717, 1.165) is 17.4 Å². The summed E-state index contributed by atoms with van der Waals surface area (Å²) in [6.07, 6.45) is 1.81. The predicted molar refractivity (Wildman–Crippen MR) is 65.1 cm³/mol. The Hall–Kier alpha value is -1.45. The second kappa shape index (κ2) is 5.05. The van der Waals surface area contributed by atoms with Crippen LogP contribution in [0, 0.1) is 0 Å². The zero-order valence-corrected chi connectivity index (χ0v) is 9.35. The molecular formula is C13H16N2O. The summed E-state index contributed by atoms with van der Waals surface area (Å²) < 4.78 is 0. The maximum atomic E-state index is 8.95. The highest BCUT2D eigenvalue weighted by molar-refractivity contribution is 5.81. The number of benzene rings is 1. The molecule has 0 amide bonds. The lowest BCUT2D eigenvalue weighted by Crippen LogP contribution is -2.28. The van der Waals surface area contributed by atoms with Gasteiger partial charge in [-0.1, -0.05) is 24.3 Å². The van der Waals surface area contributed by atoms with Gasteiger partial charge < -0.3 is 10.4 Å². The molecule has 16 heavy (non-hydrogen) atoms. The molecule has 0 aliphatic rings. The Labute approximate surface area is 95.1 Å². The second-order valence-electron chi connectivity index (χ2n) is 3.96. The first-order valence-electron chi connectivity index (χ1n) is 5.48. The fraction of sp³-hybridized carbons (Fsp3) is 0.308. The van der Waals surface area contributed by atoms with E-state index in [1.165, 1.54) is 5.56 Å². The maximum Gasteiger partial charge on any atom is 0.0746 e. The summed E-state index contributed by atoms with van der Waals surface area (Å²) in [6, 6.07) is 10.3. The summed E-state index contributed by atoms with van der Waals surface area (Å²) in [5.74, 6) is 0. The summed E-state index contributed by atoms with van der Waals surface area (Å²) in [6.45, 7) is 2.84. The fourth-order valence-electron chi connectivity index (χ4n) is 1.66. The molecule has 0 unspecified atom stereocenters. The van der Waals surface area contributed by atoms with Crippen LogP contribution < -0.4 is 5.32 Å². The molecular weight excluding hydrogens is 200 g/mol. The van der Waals surface area contributed by atoms with Crippen LogP contribution in [0.3, 0.4) is 0 Å². The van der Waals surface area contributed by atoms with Crippen LogP contribution in [0.2, 0.25) is 0 Å². The first kappa shape index (κ1) is 11.0. The smallest absolute Gasteiger partial charge is 0.0746 e. The molecule has 1 heterocycles. The van der Waals surface area contributed by atoms with Crippen LogP contribution >= 0.6 is 0 Å². The van der Waals surface area contributed by atoms with Crippen LogP contribution in [0.15, 0.2) is 36.5 Å². The topological polar surface area (TPSA) is 45.1 Å². The molecule has 0 spiro atoms. The van der Waals surface area contributed by atoms with Crippen LogP contribution in [0.5, 0.6) is 0 Å². The minimum absolute atomic E-state index is 0.110. The van der Waals surface area contributed by atoms with Gasteiger partial charge in [-0.05, 0) is 18.6 Å². The first-order chi connectivity index (χ1) is 7.81. The minimum Gasteiger partial charge on any atom is -0.395 e. The van der Waals surface area contributed by atoms with Crippen molar-refractivity contribution in [1.82, 2.24) is 10.3 Å². The standard InChI is InChI=1S/C13H16N2O/c1-10(9-16)15-8-12-5-2-4-11-6-3-7-14-13(11)12/h2-7,10,15-16H,8-9H2,1H3/t10-/m0/s1. The third-order valence-electron chi connectivity index (χ3n) is 2.63. The maximum absolute atomic E-state index is 8.95. The monoisotopic (exact) mass is 216 g/mol. The Balaban J connectivity index is 2.23. The van der Waals surface area contributed by atoms with Gasteiger partial charge in [0.25, 0.3) is 0 Å². The van der Waals surface area contributed by atoms with Gasteiger partial charge in [-0.2, -0.15) is 0 Å². The van der Waals surface area contributed by atoms with Crippen LogP contribution in [0.4, 0.5) is 0 Å². The van der Waals surface area contributed by atoms with E-state index in [1.807, 2.05) is 19.1 Å². The molecule has 0 aliphatic heterocycles. The number of para-hydroxylation sites is 1. The van der Waals surface area contributed by atoms with Crippen molar-refractivity contribution in [3.8, 4) is 0 Å². The van der Waals surface area contributed by atoms with E-state index in [2.05, 4.69) is 28.5 Å². The molecule has 0 aliphatic carbocycles. The molecule has 84 valence electrons. The zero-order chi connectivity index (χ0) is 11.4. The van der Waals surface area contributed by atoms with Crippen molar-refractivity contribution < 1.29 is 5.11 Å². The Bertz CT molecular complexity index is 465. The molecule has 1 aromatic carbocycles. The molecule has 1 atom stereocenters. The molecule has 0 saturated heterocycles. The van der Waals surface area contributed by atoms with Gasteiger partial charge >= 0.3 is 0 Å². The van der Waals surface area contributed by atoms with Gasteiger partial charge in [-0.15, -0.1) is 0 Å². The minimum atomic E-state index is 0.110. The van der Waals surface area contributed by atoms with Crippen molar-refractivity contribution in [3.05, 3.63) is 42.1 Å². The van der Waals surface area contributed by atoms with Crippen LogP contribution in [0.1, 0.15) is 12.5 Å². The number of aliphatic hydroxyl groups is 1. The molecule has 2 N–H and O–H groups in total. The summed E-state index contributed by atoms with van der Waals surface area (Å²) in [5.41, 5.74) is 2.20. The van der Waals surface area contributed by atoms with Crippen LogP contribution in [-0.4, -0.2) is 22.7 Å². The highest BCUT2D eigenvalue weighted by Crippen LogP contribution is 2.15. The third kappa shape index (κ3) is 2.38. The number of aromatic nitrogens is 1. The van der Waals surface area contributed by atoms with Crippen molar-refractivity contribution in [2.75, 3.05) is 6.61 Å². The van der Waals surface area contributed by atoms with Gasteiger partial charge in [0.15, 0.2) is 0 Å². The molecule has 2 rings (SSSR count). The van der Waals surface area contributed by atoms with Gasteiger partial charge in [0, 0.05) is 24.2 Å². The summed E-state index contributed by atoms with van der Waals surface area (Å²) in [7, 11) is 0. The predicted octanol–water partition coefficient (Wildman–Crippen LogP) is 1.71. The third-order valence-corrected chi connectivity index (χ3v) is 2.63. The largest absolute Gasteiger partial charge is 0.395 e. The molecule has 0 bridgehead atoms. The normalized spacial score (nSPS) is 12.9. The second-order valence-corrected chi connectivity index (χ2v) is 3.96. The number of rotatable bonds is 4. The number of hydrogen-bond donors (Lipinski definition) is 2. The molecule has 3 nitrogen and oxygen atoms in total. The molecule has 0 fully saturated rings. The number of fused-ring (bicyclic) bond motifs is 1. The molecule has 0 radical (unpaired) electrons. The van der Waals surface area contributed by atoms with Gasteiger partial charge in [0.2, 0.25) is 0 Å². The molecule has 3 heteroatoms. The molecule has 0 saturated carbocycles. The number of pyridine rings is 1. The van der Waals surface area contributed by atoms with Crippen molar-refractivity contribution in [3.63, 3.8) is 0 Å². The Morgan fingerprint density at radius 2 is 2.12 bits per heavy atom. The van der Waals surface area contributed by atoms with Gasteiger partial charge in [0.05, 0.1) is 12.1 Å². The Kier molecular flexibility index (Phi) is 3.49. The van der Waals surface area contributed by atoms with Gasteiger partial charge in [-0.25, -0.2) is 0 Å². The quantitative estimate of drug-likeness (QED) is 0.817. The summed E-state index contributed by atoms with van der Waals surface area (Å²) >= 11 is 0. The lowest BCUT2D eigenvalue weighted by atomic mass is 10.1. The van der Waals surface area contributed by atoms with E-state index in [1.54, 1.807) is 6.20 Å². The average Bonchev–Trinajstić information content (AvgIpc) is 2.35. The van der Waals surface area contributed by atoms with Crippen molar-refractivity contribution in [2.45, 2.75) is 19.5 Å². The summed E-state index contributed by atoms with van der Waals surface area (Å²) in [4.78, 5) is 4.38. The van der Waals surface area contributed by atoms with E-state index < -0.39 is 0 Å². The van der Waals surface area contributed by atoms with E-state index in [9.17, 15) is 0 Å². The van der Waals surface area contributed by atoms with Crippen molar-refractivity contribution >= 4 is 10.9 Å². The average molecular weight is 216 g/mol. The lowest BCUT2D eigenvalue weighted by molar-refractivity contribution is 0.251. The fourth-order valence-corrected chi connectivity index (χ4v) is 1.66. The summed E-state index contributed by atoms with van der Waals surface area (Å²) in [5, 5.41) is 13.3. The van der Waals surface area contributed by atoms with Crippen molar-refractivity contribution in [1.29, 1.82) is 0 Å². The SMILES string of the molecule is C[C@@H](CO)NCc1cccc2cccnc12. The van der Waals surface area contributed by atoms with E-state index >= 15 is 0 Å². The number of nitrogens with one attached hydrogen (secondary N) is 1. The van der Waals surface area contributed by atoms with Crippen LogP contribution in [0.25, 0.3) is 10.9 Å². The number of hydrogen-bond acceptors (Lipinski definition) is 3. The Morgan fingerprint density at radius 3 is 2.94 bits per heavy atom. The Morgan fingerprint density at radius 1 is 1.31 bits per heavy atom. The first-order valence-corrected chi connectivity index (χ1v) is 5.48. The van der Waals surface area contributed by atoms with Gasteiger partial charge in [0.1, 0.15) is 0 Å². The van der Waals surface area contributed by atoms with Gasteiger partial charge in [-0.3, -0.25) is 4.98 Å². The highest BCUT2D eigenvalue weighted by Gasteiger charge is 2.03.